The summed E-state index contributed by atoms with van der Waals surface area (Å²) in [5, 5.41) is 3.36. The lowest BCUT2D eigenvalue weighted by Gasteiger charge is -2.35. The Hall–Kier alpha value is -3.15. The molecule has 5 rings (SSSR count). The Labute approximate surface area is 174 Å². The van der Waals surface area contributed by atoms with Crippen LogP contribution < -0.4 is 5.32 Å². The first-order chi connectivity index (χ1) is 14.5. The molecule has 154 valence electrons. The van der Waals surface area contributed by atoms with E-state index in [2.05, 4.69) is 16.4 Å². The lowest BCUT2D eigenvalue weighted by atomic mass is 9.85. The van der Waals surface area contributed by atoms with Crippen molar-refractivity contribution in [3.63, 3.8) is 0 Å². The summed E-state index contributed by atoms with van der Waals surface area (Å²) in [7, 11) is 0. The second-order valence-electron chi connectivity index (χ2n) is 8.42. The number of hydrogen-bond donors (Lipinski definition) is 2. The maximum Gasteiger partial charge on any atom is 0.272 e. The second-order valence-corrected chi connectivity index (χ2v) is 8.42. The monoisotopic (exact) mass is 405 g/mol. The smallest absolute Gasteiger partial charge is 0.272 e. The van der Waals surface area contributed by atoms with Crippen LogP contribution in [0, 0.1) is 12.7 Å². The number of benzene rings is 2. The van der Waals surface area contributed by atoms with Gasteiger partial charge in [0.1, 0.15) is 11.5 Å². The van der Waals surface area contributed by atoms with Crippen LogP contribution in [0.5, 0.6) is 0 Å². The zero-order chi connectivity index (χ0) is 20.8. The third kappa shape index (κ3) is 3.26. The van der Waals surface area contributed by atoms with Gasteiger partial charge in [0.15, 0.2) is 0 Å². The molecule has 3 aromatic rings. The fourth-order valence-corrected chi connectivity index (χ4v) is 4.91. The van der Waals surface area contributed by atoms with Crippen LogP contribution in [0.2, 0.25) is 0 Å². The number of aromatic amines is 1. The number of nitrogens with zero attached hydrogens (tertiary/aromatic N) is 1. The van der Waals surface area contributed by atoms with E-state index >= 15 is 0 Å². The molecule has 6 heteroatoms. The highest BCUT2D eigenvalue weighted by Gasteiger charge is 2.36. The minimum absolute atomic E-state index is 0.282. The molecule has 2 aliphatic heterocycles. The molecule has 2 saturated heterocycles. The Kier molecular flexibility index (Phi) is 4.57. The maximum atomic E-state index is 14.1. The average Bonchev–Trinajstić information content (AvgIpc) is 3.36. The lowest BCUT2D eigenvalue weighted by Crippen LogP contribution is -2.39. The van der Waals surface area contributed by atoms with Crippen molar-refractivity contribution in [2.75, 3.05) is 11.9 Å². The van der Waals surface area contributed by atoms with Crippen LogP contribution in [-0.4, -0.2) is 34.3 Å². The molecule has 0 radical (unpaired) electrons. The number of rotatable bonds is 3. The second kappa shape index (κ2) is 7.27. The number of piperidine rings is 1. The van der Waals surface area contributed by atoms with Gasteiger partial charge in [0, 0.05) is 30.1 Å². The van der Waals surface area contributed by atoms with E-state index in [1.165, 1.54) is 11.6 Å². The molecule has 1 aromatic heterocycles. The molecule has 1 unspecified atom stereocenters. The molecule has 2 aliphatic rings. The molecule has 5 nitrogen and oxygen atoms in total. The van der Waals surface area contributed by atoms with E-state index in [-0.39, 0.29) is 17.6 Å². The molecule has 30 heavy (non-hydrogen) atoms. The predicted octanol–water partition coefficient (Wildman–Crippen LogP) is 4.74. The number of aryl methyl sites for hydroxylation is 1. The zero-order valence-electron chi connectivity index (χ0n) is 16.9. The van der Waals surface area contributed by atoms with E-state index in [0.29, 0.717) is 35.0 Å². The van der Waals surface area contributed by atoms with E-state index in [4.69, 9.17) is 0 Å². The lowest BCUT2D eigenvalue weighted by molar-refractivity contribution is -0.129. The Balaban J connectivity index is 1.34. The number of H-pyrrole nitrogens is 1. The first kappa shape index (κ1) is 18.9. The minimum Gasteiger partial charge on any atom is -0.350 e. The summed E-state index contributed by atoms with van der Waals surface area (Å²) >= 11 is 0. The number of hydrogen-bond acceptors (Lipinski definition) is 2. The maximum absolute atomic E-state index is 14.1. The average molecular weight is 405 g/mol. The molecule has 3 heterocycles. The molecule has 0 bridgehead atoms. The topological polar surface area (TPSA) is 65.2 Å². The van der Waals surface area contributed by atoms with Crippen LogP contribution >= 0.6 is 0 Å². The third-order valence-corrected chi connectivity index (χ3v) is 6.54. The van der Waals surface area contributed by atoms with E-state index in [9.17, 15) is 14.0 Å². The number of carbonyl (C=O) groups is 2. The highest BCUT2D eigenvalue weighted by molar-refractivity contribution is 6.06. The van der Waals surface area contributed by atoms with Crippen molar-refractivity contribution in [1.29, 1.82) is 0 Å². The van der Waals surface area contributed by atoms with Gasteiger partial charge in [-0.3, -0.25) is 9.59 Å². The molecule has 2 aromatic carbocycles. The molecule has 0 saturated carbocycles. The predicted molar refractivity (Wildman–Crippen MR) is 114 cm³/mol. The number of anilines is 1. The van der Waals surface area contributed by atoms with Gasteiger partial charge in [-0.1, -0.05) is 18.2 Å². The molecular weight excluding hydrogens is 381 g/mol. The number of amides is 2. The Morgan fingerprint density at radius 3 is 2.90 bits per heavy atom. The first-order valence-electron chi connectivity index (χ1n) is 10.5. The van der Waals surface area contributed by atoms with Crippen LogP contribution in [0.15, 0.2) is 42.5 Å². The summed E-state index contributed by atoms with van der Waals surface area (Å²) in [4.78, 5) is 29.8. The van der Waals surface area contributed by atoms with Crippen molar-refractivity contribution in [2.45, 2.75) is 44.6 Å². The SMILES string of the molecule is Cc1ccc(F)c2cc(C(=O)Nc3cccc(C4CCN5C(=O)CC[C@@H]5C4)c3)[nH]c12. The summed E-state index contributed by atoms with van der Waals surface area (Å²) in [6, 6.07) is 12.9. The minimum atomic E-state index is -0.343. The van der Waals surface area contributed by atoms with Crippen molar-refractivity contribution < 1.29 is 14.0 Å². The van der Waals surface area contributed by atoms with Crippen molar-refractivity contribution in [1.82, 2.24) is 9.88 Å². The van der Waals surface area contributed by atoms with Crippen LogP contribution in [0.3, 0.4) is 0 Å². The molecular formula is C24H24FN3O2. The Bertz CT molecular complexity index is 1110. The van der Waals surface area contributed by atoms with E-state index in [1.54, 1.807) is 12.1 Å². The van der Waals surface area contributed by atoms with Crippen molar-refractivity contribution >= 4 is 28.4 Å². The summed E-state index contributed by atoms with van der Waals surface area (Å²) in [5.74, 6) is 0.0336. The number of nitrogens with one attached hydrogen (secondary N) is 2. The number of carbonyl (C=O) groups excluding carboxylic acids is 2. The van der Waals surface area contributed by atoms with Gasteiger partial charge in [-0.2, -0.15) is 0 Å². The Morgan fingerprint density at radius 2 is 2.07 bits per heavy atom. The summed E-state index contributed by atoms with van der Waals surface area (Å²) < 4.78 is 14.1. The van der Waals surface area contributed by atoms with Gasteiger partial charge in [-0.05, 0) is 67.5 Å². The fourth-order valence-electron chi connectivity index (χ4n) is 4.91. The van der Waals surface area contributed by atoms with Crippen LogP contribution in [-0.2, 0) is 4.79 Å². The van der Waals surface area contributed by atoms with Gasteiger partial charge >= 0.3 is 0 Å². The molecule has 2 amide bonds. The highest BCUT2D eigenvalue weighted by Crippen LogP contribution is 2.37. The van der Waals surface area contributed by atoms with Gasteiger partial charge in [0.05, 0.1) is 5.52 Å². The van der Waals surface area contributed by atoms with E-state index in [1.807, 2.05) is 30.0 Å². The normalized spacial score (nSPS) is 21.1. The summed E-state index contributed by atoms with van der Waals surface area (Å²) in [6.45, 7) is 2.69. The summed E-state index contributed by atoms with van der Waals surface area (Å²) in [6.07, 6.45) is 3.53. The Morgan fingerprint density at radius 1 is 1.20 bits per heavy atom. The quantitative estimate of drug-likeness (QED) is 0.661. The molecule has 0 spiro atoms. The van der Waals surface area contributed by atoms with Gasteiger partial charge in [-0.25, -0.2) is 4.39 Å². The van der Waals surface area contributed by atoms with Crippen LogP contribution in [0.4, 0.5) is 10.1 Å². The zero-order valence-corrected chi connectivity index (χ0v) is 16.9. The van der Waals surface area contributed by atoms with Crippen molar-refractivity contribution in [3.05, 3.63) is 65.1 Å². The van der Waals surface area contributed by atoms with E-state index in [0.717, 1.165) is 37.1 Å². The van der Waals surface area contributed by atoms with E-state index < -0.39 is 0 Å². The number of aromatic nitrogens is 1. The van der Waals surface area contributed by atoms with Crippen molar-refractivity contribution in [3.8, 4) is 0 Å². The molecule has 2 atom stereocenters. The summed E-state index contributed by atoms with van der Waals surface area (Å²) in [5.41, 5.74) is 3.78. The first-order valence-corrected chi connectivity index (χ1v) is 10.5. The fraction of sp³-hybridized carbons (Fsp3) is 0.333. The van der Waals surface area contributed by atoms with Crippen molar-refractivity contribution in [2.24, 2.45) is 0 Å². The standard InChI is InChI=1S/C24H24FN3O2/c1-14-5-7-20(25)19-13-21(27-23(14)19)24(30)26-17-4-2-3-15(11-17)16-9-10-28-18(12-16)6-8-22(28)29/h2-5,7,11,13,16,18,27H,6,8-10,12H2,1H3,(H,26,30)/t16?,18-/m1/s1. The van der Waals surface area contributed by atoms with Crippen LogP contribution in [0.1, 0.15) is 53.2 Å². The molecule has 2 N–H and O–H groups in total. The van der Waals surface area contributed by atoms with Gasteiger partial charge in [0.2, 0.25) is 5.91 Å². The number of halogens is 1. The van der Waals surface area contributed by atoms with Gasteiger partial charge < -0.3 is 15.2 Å². The van der Waals surface area contributed by atoms with Gasteiger partial charge in [0.25, 0.3) is 5.91 Å². The number of fused-ring (bicyclic) bond motifs is 2. The third-order valence-electron chi connectivity index (χ3n) is 6.54. The van der Waals surface area contributed by atoms with Gasteiger partial charge in [-0.15, -0.1) is 0 Å². The molecule has 2 fully saturated rings. The highest BCUT2D eigenvalue weighted by atomic mass is 19.1. The molecule has 0 aliphatic carbocycles. The largest absolute Gasteiger partial charge is 0.350 e. The van der Waals surface area contributed by atoms with Crippen LogP contribution in [0.25, 0.3) is 10.9 Å².